The summed E-state index contributed by atoms with van der Waals surface area (Å²) in [5, 5.41) is 9.55. The van der Waals surface area contributed by atoms with Gasteiger partial charge in [-0.15, -0.1) is 0 Å². The standard InChI is InChI=1S/C13H27N3O/c1-6-7-14-11(17)15-10-8-12(2,3)16-13(4,5)9-10/h10,16H,6-9H2,1-5H3,(H2,14,15,17). The maximum atomic E-state index is 11.6. The van der Waals surface area contributed by atoms with E-state index in [1.54, 1.807) is 0 Å². The van der Waals surface area contributed by atoms with Gasteiger partial charge in [0.2, 0.25) is 0 Å². The first-order valence-electron chi connectivity index (χ1n) is 6.58. The van der Waals surface area contributed by atoms with Gasteiger partial charge < -0.3 is 16.0 Å². The van der Waals surface area contributed by atoms with Gasteiger partial charge in [-0.05, 0) is 47.0 Å². The van der Waals surface area contributed by atoms with Crippen LogP contribution in [0.25, 0.3) is 0 Å². The molecule has 0 aromatic heterocycles. The van der Waals surface area contributed by atoms with E-state index < -0.39 is 0 Å². The summed E-state index contributed by atoms with van der Waals surface area (Å²) in [5.41, 5.74) is 0.148. The van der Waals surface area contributed by atoms with Gasteiger partial charge in [0.15, 0.2) is 0 Å². The van der Waals surface area contributed by atoms with Crippen molar-refractivity contribution >= 4 is 6.03 Å². The molecule has 0 aromatic carbocycles. The maximum Gasteiger partial charge on any atom is 0.315 e. The normalized spacial score (nSPS) is 23.1. The number of carbonyl (C=O) groups excluding carboxylic acids is 1. The van der Waals surface area contributed by atoms with Gasteiger partial charge in [-0.3, -0.25) is 0 Å². The Balaban J connectivity index is 2.51. The van der Waals surface area contributed by atoms with Gasteiger partial charge in [-0.1, -0.05) is 6.92 Å². The Morgan fingerprint density at radius 2 is 1.76 bits per heavy atom. The fraction of sp³-hybridized carbons (Fsp3) is 0.923. The van der Waals surface area contributed by atoms with Crippen molar-refractivity contribution in [3.05, 3.63) is 0 Å². The third kappa shape index (κ3) is 4.94. The van der Waals surface area contributed by atoms with E-state index in [9.17, 15) is 4.79 Å². The van der Waals surface area contributed by atoms with Crippen LogP contribution in [0.5, 0.6) is 0 Å². The second-order valence-electron chi connectivity index (χ2n) is 6.40. The second-order valence-corrected chi connectivity index (χ2v) is 6.40. The molecule has 1 heterocycles. The van der Waals surface area contributed by atoms with Crippen LogP contribution in [0.15, 0.2) is 0 Å². The van der Waals surface area contributed by atoms with E-state index >= 15 is 0 Å². The molecule has 2 amide bonds. The molecule has 0 atom stereocenters. The van der Waals surface area contributed by atoms with Gasteiger partial charge in [0, 0.05) is 23.7 Å². The molecule has 0 saturated carbocycles. The van der Waals surface area contributed by atoms with Gasteiger partial charge in [0.05, 0.1) is 0 Å². The SMILES string of the molecule is CCCNC(=O)NC1CC(C)(C)NC(C)(C)C1. The van der Waals surface area contributed by atoms with Crippen molar-refractivity contribution < 1.29 is 4.79 Å². The van der Waals surface area contributed by atoms with Crippen LogP contribution in [0.1, 0.15) is 53.9 Å². The molecule has 4 heteroatoms. The van der Waals surface area contributed by atoms with Crippen molar-refractivity contribution in [2.45, 2.75) is 71.0 Å². The molecule has 17 heavy (non-hydrogen) atoms. The zero-order chi connectivity index (χ0) is 13.1. The van der Waals surface area contributed by atoms with Gasteiger partial charge in [0.25, 0.3) is 0 Å². The average molecular weight is 241 g/mol. The van der Waals surface area contributed by atoms with Gasteiger partial charge in [-0.2, -0.15) is 0 Å². The van der Waals surface area contributed by atoms with E-state index in [0.29, 0.717) is 0 Å². The van der Waals surface area contributed by atoms with E-state index in [-0.39, 0.29) is 23.2 Å². The minimum Gasteiger partial charge on any atom is -0.338 e. The van der Waals surface area contributed by atoms with Crippen molar-refractivity contribution in [1.82, 2.24) is 16.0 Å². The molecule has 1 aliphatic heterocycles. The molecular formula is C13H27N3O. The lowest BCUT2D eigenvalue weighted by Crippen LogP contribution is -2.62. The van der Waals surface area contributed by atoms with Crippen LogP contribution in [0.4, 0.5) is 4.79 Å². The highest BCUT2D eigenvalue weighted by molar-refractivity contribution is 5.74. The molecule has 3 N–H and O–H groups in total. The van der Waals surface area contributed by atoms with Crippen molar-refractivity contribution in [3.8, 4) is 0 Å². The Morgan fingerprint density at radius 1 is 1.24 bits per heavy atom. The first-order valence-corrected chi connectivity index (χ1v) is 6.58. The molecule has 0 aromatic rings. The summed E-state index contributed by atoms with van der Waals surface area (Å²) >= 11 is 0. The minimum absolute atomic E-state index is 0.0367. The Hall–Kier alpha value is -0.770. The smallest absolute Gasteiger partial charge is 0.315 e. The lowest BCUT2D eigenvalue weighted by atomic mass is 9.80. The molecule has 0 unspecified atom stereocenters. The van der Waals surface area contributed by atoms with E-state index in [2.05, 4.69) is 50.6 Å². The summed E-state index contributed by atoms with van der Waals surface area (Å²) < 4.78 is 0. The summed E-state index contributed by atoms with van der Waals surface area (Å²) in [6, 6.07) is 0.212. The van der Waals surface area contributed by atoms with Gasteiger partial charge >= 0.3 is 6.03 Å². The number of urea groups is 1. The Kier molecular flexibility index (Phi) is 4.42. The number of hydrogen-bond acceptors (Lipinski definition) is 2. The number of hydrogen-bond donors (Lipinski definition) is 3. The molecule has 4 nitrogen and oxygen atoms in total. The minimum atomic E-state index is -0.0367. The Labute approximate surface area is 105 Å². The number of carbonyl (C=O) groups is 1. The zero-order valence-corrected chi connectivity index (χ0v) is 11.8. The van der Waals surface area contributed by atoms with E-state index in [0.717, 1.165) is 25.8 Å². The average Bonchev–Trinajstić information content (AvgIpc) is 2.09. The molecule has 0 radical (unpaired) electrons. The lowest BCUT2D eigenvalue weighted by molar-refractivity contribution is 0.147. The quantitative estimate of drug-likeness (QED) is 0.708. The van der Waals surface area contributed by atoms with Gasteiger partial charge in [-0.25, -0.2) is 4.79 Å². The fourth-order valence-electron chi connectivity index (χ4n) is 2.90. The van der Waals surface area contributed by atoms with Crippen LogP contribution in [0.2, 0.25) is 0 Å². The third-order valence-corrected chi connectivity index (χ3v) is 3.06. The molecule has 0 spiro atoms. The van der Waals surface area contributed by atoms with Crippen LogP contribution in [0.3, 0.4) is 0 Å². The highest BCUT2D eigenvalue weighted by atomic mass is 16.2. The highest BCUT2D eigenvalue weighted by Crippen LogP contribution is 2.28. The predicted molar refractivity (Wildman–Crippen MR) is 71.1 cm³/mol. The van der Waals surface area contributed by atoms with Gasteiger partial charge in [0.1, 0.15) is 0 Å². The van der Waals surface area contributed by atoms with Crippen LogP contribution < -0.4 is 16.0 Å². The molecular weight excluding hydrogens is 214 g/mol. The number of amides is 2. The summed E-state index contributed by atoms with van der Waals surface area (Å²) in [6.45, 7) is 11.5. The van der Waals surface area contributed by atoms with E-state index in [1.807, 2.05) is 0 Å². The number of nitrogens with one attached hydrogen (secondary N) is 3. The summed E-state index contributed by atoms with van der Waals surface area (Å²) in [6.07, 6.45) is 2.91. The maximum absolute atomic E-state index is 11.6. The summed E-state index contributed by atoms with van der Waals surface area (Å²) in [7, 11) is 0. The number of rotatable bonds is 3. The Morgan fingerprint density at radius 3 is 2.24 bits per heavy atom. The monoisotopic (exact) mass is 241 g/mol. The molecule has 0 aliphatic carbocycles. The van der Waals surface area contributed by atoms with Crippen molar-refractivity contribution in [2.24, 2.45) is 0 Å². The summed E-state index contributed by atoms with van der Waals surface area (Å²) in [5.74, 6) is 0. The van der Waals surface area contributed by atoms with Crippen molar-refractivity contribution in [3.63, 3.8) is 0 Å². The van der Waals surface area contributed by atoms with Crippen LogP contribution in [0, 0.1) is 0 Å². The molecule has 1 aliphatic rings. The first-order chi connectivity index (χ1) is 7.74. The largest absolute Gasteiger partial charge is 0.338 e. The van der Waals surface area contributed by atoms with Crippen molar-refractivity contribution in [2.75, 3.05) is 6.54 Å². The second kappa shape index (κ2) is 5.25. The molecule has 100 valence electrons. The van der Waals surface area contributed by atoms with E-state index in [4.69, 9.17) is 0 Å². The predicted octanol–water partition coefficient (Wildman–Crippen LogP) is 2.00. The fourth-order valence-corrected chi connectivity index (χ4v) is 2.90. The zero-order valence-electron chi connectivity index (χ0n) is 11.8. The highest BCUT2D eigenvalue weighted by Gasteiger charge is 2.38. The Bertz CT molecular complexity index is 258. The van der Waals surface area contributed by atoms with Crippen LogP contribution in [-0.2, 0) is 0 Å². The summed E-state index contributed by atoms with van der Waals surface area (Å²) in [4.78, 5) is 11.6. The molecule has 0 bridgehead atoms. The van der Waals surface area contributed by atoms with Crippen molar-refractivity contribution in [1.29, 1.82) is 0 Å². The topological polar surface area (TPSA) is 53.2 Å². The lowest BCUT2D eigenvalue weighted by Gasteiger charge is -2.46. The van der Waals surface area contributed by atoms with Crippen LogP contribution >= 0.6 is 0 Å². The molecule has 1 rings (SSSR count). The first kappa shape index (κ1) is 14.3. The third-order valence-electron chi connectivity index (χ3n) is 3.06. The van der Waals surface area contributed by atoms with Crippen LogP contribution in [-0.4, -0.2) is 29.7 Å². The number of piperidine rings is 1. The van der Waals surface area contributed by atoms with E-state index in [1.165, 1.54) is 0 Å². The molecule has 1 fully saturated rings. The molecule has 1 saturated heterocycles.